The molecule has 2 nitrogen and oxygen atoms in total. The van der Waals surface area contributed by atoms with Gasteiger partial charge in [0.1, 0.15) is 0 Å². The molecule has 1 heterocycles. The smallest absolute Gasteiger partial charge is 0.0964 e. The molecular weight excluding hydrogens is 218 g/mol. The summed E-state index contributed by atoms with van der Waals surface area (Å²) in [5, 5.41) is 10.1. The Balaban J connectivity index is 2.30. The lowest BCUT2D eigenvalue weighted by atomic mass is 9.91. The van der Waals surface area contributed by atoms with Crippen LogP contribution in [0.25, 0.3) is 0 Å². The van der Waals surface area contributed by atoms with Gasteiger partial charge in [0.15, 0.2) is 0 Å². The second-order valence-electron chi connectivity index (χ2n) is 5.04. The zero-order valence-corrected chi connectivity index (χ0v) is 10.7. The van der Waals surface area contributed by atoms with E-state index in [0.717, 1.165) is 12.0 Å². The van der Waals surface area contributed by atoms with Crippen LogP contribution in [-0.2, 0) is 6.42 Å². The first-order valence-corrected chi connectivity index (χ1v) is 6.69. The molecule has 1 unspecified atom stereocenters. The molecule has 1 aromatic carbocycles. The van der Waals surface area contributed by atoms with E-state index in [-0.39, 0.29) is 0 Å². The zero-order chi connectivity index (χ0) is 11.8. The summed E-state index contributed by atoms with van der Waals surface area (Å²) in [5.41, 5.74) is 7.64. The number of benzene rings is 1. The van der Waals surface area contributed by atoms with Crippen LogP contribution < -0.4 is 5.73 Å². The number of thioether (sulfide) groups is 1. The van der Waals surface area contributed by atoms with Gasteiger partial charge in [-0.05, 0) is 49.6 Å². The van der Waals surface area contributed by atoms with Crippen LogP contribution >= 0.6 is 11.8 Å². The fourth-order valence-corrected chi connectivity index (χ4v) is 3.00. The minimum Gasteiger partial charge on any atom is -0.387 e. The standard InChI is InChI=1S/C13H19NOS/c1-13(2,14)12(15)10-5-6-11-9(8-10)4-3-7-16-11/h5-6,8,12,15H,3-4,7,14H2,1-2H3. The fourth-order valence-electron chi connectivity index (χ4n) is 1.98. The molecule has 0 bridgehead atoms. The monoisotopic (exact) mass is 237 g/mol. The first kappa shape index (κ1) is 12.0. The van der Waals surface area contributed by atoms with E-state index in [1.54, 1.807) is 0 Å². The highest BCUT2D eigenvalue weighted by Gasteiger charge is 2.25. The number of hydrogen-bond donors (Lipinski definition) is 2. The molecule has 0 aliphatic carbocycles. The third-order valence-corrected chi connectivity index (χ3v) is 4.16. The Labute approximate surface area is 101 Å². The molecule has 3 N–H and O–H groups in total. The zero-order valence-electron chi connectivity index (χ0n) is 9.86. The quantitative estimate of drug-likeness (QED) is 0.830. The van der Waals surface area contributed by atoms with Crippen LogP contribution in [0.2, 0.25) is 0 Å². The van der Waals surface area contributed by atoms with Gasteiger partial charge >= 0.3 is 0 Å². The molecule has 16 heavy (non-hydrogen) atoms. The fraction of sp³-hybridized carbons (Fsp3) is 0.538. The van der Waals surface area contributed by atoms with E-state index in [1.165, 1.54) is 22.6 Å². The van der Waals surface area contributed by atoms with Gasteiger partial charge in [-0.15, -0.1) is 11.8 Å². The highest BCUT2D eigenvalue weighted by atomic mass is 32.2. The lowest BCUT2D eigenvalue weighted by molar-refractivity contribution is 0.104. The summed E-state index contributed by atoms with van der Waals surface area (Å²) < 4.78 is 0. The van der Waals surface area contributed by atoms with Gasteiger partial charge in [0.25, 0.3) is 0 Å². The minimum absolute atomic E-state index is 0.587. The van der Waals surface area contributed by atoms with Crippen molar-refractivity contribution in [3.63, 3.8) is 0 Å². The van der Waals surface area contributed by atoms with Gasteiger partial charge < -0.3 is 10.8 Å². The molecular formula is C13H19NOS. The van der Waals surface area contributed by atoms with Crippen molar-refractivity contribution >= 4 is 11.8 Å². The second-order valence-corrected chi connectivity index (χ2v) is 6.18. The molecule has 1 aromatic rings. The van der Waals surface area contributed by atoms with Crippen molar-refractivity contribution in [2.75, 3.05) is 5.75 Å². The Morgan fingerprint density at radius 1 is 1.44 bits per heavy atom. The summed E-state index contributed by atoms with van der Waals surface area (Å²) in [4.78, 5) is 1.36. The maximum absolute atomic E-state index is 10.1. The molecule has 1 aliphatic rings. The highest BCUT2D eigenvalue weighted by molar-refractivity contribution is 7.99. The third-order valence-electron chi connectivity index (χ3n) is 2.95. The second kappa shape index (κ2) is 4.40. The summed E-state index contributed by atoms with van der Waals surface area (Å²) in [6, 6.07) is 6.22. The largest absolute Gasteiger partial charge is 0.387 e. The van der Waals surface area contributed by atoms with Crippen molar-refractivity contribution in [3.05, 3.63) is 29.3 Å². The van der Waals surface area contributed by atoms with Crippen molar-refractivity contribution in [1.82, 2.24) is 0 Å². The summed E-state index contributed by atoms with van der Waals surface area (Å²) in [6.45, 7) is 3.71. The van der Waals surface area contributed by atoms with Crippen LogP contribution in [0.5, 0.6) is 0 Å². The number of fused-ring (bicyclic) bond motifs is 1. The third kappa shape index (κ3) is 2.42. The van der Waals surface area contributed by atoms with Crippen molar-refractivity contribution in [1.29, 1.82) is 0 Å². The maximum atomic E-state index is 10.1. The van der Waals surface area contributed by atoms with Crippen molar-refractivity contribution in [3.8, 4) is 0 Å². The number of aliphatic hydroxyl groups is 1. The van der Waals surface area contributed by atoms with E-state index in [0.29, 0.717) is 0 Å². The molecule has 2 rings (SSSR count). The van der Waals surface area contributed by atoms with Gasteiger partial charge in [-0.25, -0.2) is 0 Å². The number of aliphatic hydroxyl groups excluding tert-OH is 1. The Kier molecular flexibility index (Phi) is 3.29. The van der Waals surface area contributed by atoms with Gasteiger partial charge in [-0.1, -0.05) is 12.1 Å². The molecule has 0 radical (unpaired) electrons. The Hall–Kier alpha value is -0.510. The number of hydrogen-bond acceptors (Lipinski definition) is 3. The average Bonchev–Trinajstić information content (AvgIpc) is 2.26. The number of rotatable bonds is 2. The molecule has 3 heteroatoms. The lowest BCUT2D eigenvalue weighted by Crippen LogP contribution is -2.39. The Bertz CT molecular complexity index is 384. The Morgan fingerprint density at radius 3 is 2.88 bits per heavy atom. The van der Waals surface area contributed by atoms with E-state index < -0.39 is 11.6 Å². The summed E-state index contributed by atoms with van der Waals surface area (Å²) in [5.74, 6) is 1.21. The molecule has 1 atom stereocenters. The first-order valence-electron chi connectivity index (χ1n) is 5.71. The van der Waals surface area contributed by atoms with Crippen LogP contribution in [-0.4, -0.2) is 16.4 Å². The predicted molar refractivity (Wildman–Crippen MR) is 68.7 cm³/mol. The van der Waals surface area contributed by atoms with Crippen molar-refractivity contribution in [2.45, 2.75) is 43.2 Å². The molecule has 0 spiro atoms. The molecule has 1 aliphatic heterocycles. The number of aryl methyl sites for hydroxylation is 1. The van der Waals surface area contributed by atoms with Crippen LogP contribution in [0.3, 0.4) is 0 Å². The molecule has 88 valence electrons. The normalized spacial score (nSPS) is 18.0. The van der Waals surface area contributed by atoms with Gasteiger partial charge in [0, 0.05) is 10.4 Å². The summed E-state index contributed by atoms with van der Waals surface area (Å²) in [6.07, 6.45) is 1.75. The van der Waals surface area contributed by atoms with Crippen LogP contribution in [0, 0.1) is 0 Å². The van der Waals surface area contributed by atoms with Crippen molar-refractivity contribution in [2.24, 2.45) is 5.73 Å². The molecule has 0 amide bonds. The van der Waals surface area contributed by atoms with Crippen LogP contribution in [0.15, 0.2) is 23.1 Å². The topological polar surface area (TPSA) is 46.2 Å². The SMILES string of the molecule is CC(C)(N)C(O)c1ccc2c(c1)CCCS2. The first-order chi connectivity index (χ1) is 7.48. The van der Waals surface area contributed by atoms with Gasteiger partial charge in [-0.3, -0.25) is 0 Å². The van der Waals surface area contributed by atoms with E-state index in [1.807, 2.05) is 31.7 Å². The molecule has 0 aromatic heterocycles. The van der Waals surface area contributed by atoms with E-state index in [9.17, 15) is 5.11 Å². The van der Waals surface area contributed by atoms with E-state index >= 15 is 0 Å². The minimum atomic E-state index is -0.593. The van der Waals surface area contributed by atoms with E-state index in [2.05, 4.69) is 12.1 Å². The maximum Gasteiger partial charge on any atom is 0.0964 e. The lowest BCUT2D eigenvalue weighted by Gasteiger charge is -2.27. The predicted octanol–water partition coefficient (Wildman–Crippen LogP) is 2.50. The van der Waals surface area contributed by atoms with Gasteiger partial charge in [0.2, 0.25) is 0 Å². The van der Waals surface area contributed by atoms with Crippen LogP contribution in [0.4, 0.5) is 0 Å². The summed E-state index contributed by atoms with van der Waals surface area (Å²) in [7, 11) is 0. The summed E-state index contributed by atoms with van der Waals surface area (Å²) >= 11 is 1.90. The molecule has 0 saturated carbocycles. The number of nitrogens with two attached hydrogens (primary N) is 1. The van der Waals surface area contributed by atoms with Crippen LogP contribution in [0.1, 0.15) is 37.5 Å². The van der Waals surface area contributed by atoms with Gasteiger partial charge in [0.05, 0.1) is 6.10 Å². The van der Waals surface area contributed by atoms with Gasteiger partial charge in [-0.2, -0.15) is 0 Å². The van der Waals surface area contributed by atoms with Crippen molar-refractivity contribution < 1.29 is 5.11 Å². The highest BCUT2D eigenvalue weighted by Crippen LogP contribution is 2.33. The molecule has 0 saturated heterocycles. The van der Waals surface area contributed by atoms with E-state index in [4.69, 9.17) is 5.73 Å². The molecule has 0 fully saturated rings. The average molecular weight is 237 g/mol. The Morgan fingerprint density at radius 2 is 2.19 bits per heavy atom.